The SMILES string of the molecule is Cc1cc(N)c2c(c1)C(=O)CC(c1ccc(C(C)C)cc1)O2. The highest BCUT2D eigenvalue weighted by Gasteiger charge is 2.29. The number of rotatable bonds is 2. The fourth-order valence-corrected chi connectivity index (χ4v) is 2.88. The van der Waals surface area contributed by atoms with Crippen molar-refractivity contribution >= 4 is 11.5 Å². The van der Waals surface area contributed by atoms with Crippen molar-refractivity contribution in [3.8, 4) is 5.75 Å². The maximum absolute atomic E-state index is 12.4. The average Bonchev–Trinajstić information content (AvgIpc) is 2.48. The molecule has 3 nitrogen and oxygen atoms in total. The number of fused-ring (bicyclic) bond motifs is 1. The van der Waals surface area contributed by atoms with Crippen molar-refractivity contribution in [2.24, 2.45) is 0 Å². The molecule has 0 aromatic heterocycles. The van der Waals surface area contributed by atoms with E-state index >= 15 is 0 Å². The molecule has 0 fully saturated rings. The lowest BCUT2D eigenvalue weighted by Crippen LogP contribution is -2.21. The zero-order valence-corrected chi connectivity index (χ0v) is 13.2. The largest absolute Gasteiger partial charge is 0.482 e. The van der Waals surface area contributed by atoms with Crippen molar-refractivity contribution in [1.82, 2.24) is 0 Å². The van der Waals surface area contributed by atoms with Crippen LogP contribution in [0, 0.1) is 6.92 Å². The smallest absolute Gasteiger partial charge is 0.170 e. The number of aryl methyl sites for hydroxylation is 1. The highest BCUT2D eigenvalue weighted by atomic mass is 16.5. The third-order valence-corrected chi connectivity index (χ3v) is 4.17. The Labute approximate surface area is 131 Å². The van der Waals surface area contributed by atoms with Gasteiger partial charge in [-0.25, -0.2) is 0 Å². The van der Waals surface area contributed by atoms with Crippen LogP contribution in [0.15, 0.2) is 36.4 Å². The number of ketones is 1. The highest BCUT2D eigenvalue weighted by Crippen LogP contribution is 2.39. The molecule has 2 aromatic carbocycles. The van der Waals surface area contributed by atoms with Gasteiger partial charge in [0, 0.05) is 0 Å². The van der Waals surface area contributed by atoms with Crippen LogP contribution in [-0.2, 0) is 0 Å². The molecule has 114 valence electrons. The monoisotopic (exact) mass is 295 g/mol. The van der Waals surface area contributed by atoms with Gasteiger partial charge in [-0.05, 0) is 41.7 Å². The maximum atomic E-state index is 12.4. The van der Waals surface area contributed by atoms with Gasteiger partial charge >= 0.3 is 0 Å². The van der Waals surface area contributed by atoms with Crippen molar-refractivity contribution in [1.29, 1.82) is 0 Å². The first-order chi connectivity index (χ1) is 10.5. The van der Waals surface area contributed by atoms with Gasteiger partial charge < -0.3 is 10.5 Å². The van der Waals surface area contributed by atoms with E-state index in [2.05, 4.69) is 26.0 Å². The third kappa shape index (κ3) is 2.59. The minimum atomic E-state index is -0.258. The van der Waals surface area contributed by atoms with Gasteiger partial charge in [0.15, 0.2) is 11.5 Å². The second-order valence-electron chi connectivity index (χ2n) is 6.29. The molecule has 0 aliphatic carbocycles. The molecule has 0 saturated heterocycles. The summed E-state index contributed by atoms with van der Waals surface area (Å²) in [5, 5.41) is 0. The molecule has 2 N–H and O–H groups in total. The standard InChI is InChI=1S/C19H21NO2/c1-11(2)13-4-6-14(7-5-13)18-10-17(21)15-8-12(3)9-16(20)19(15)22-18/h4-9,11,18H,10,20H2,1-3H3. The molecular weight excluding hydrogens is 274 g/mol. The Morgan fingerprint density at radius 2 is 1.86 bits per heavy atom. The molecule has 0 radical (unpaired) electrons. The van der Waals surface area contributed by atoms with E-state index < -0.39 is 0 Å². The summed E-state index contributed by atoms with van der Waals surface area (Å²) in [6, 6.07) is 12.0. The summed E-state index contributed by atoms with van der Waals surface area (Å²) in [4.78, 5) is 12.4. The van der Waals surface area contributed by atoms with Crippen LogP contribution in [0.4, 0.5) is 5.69 Å². The molecule has 1 aliphatic rings. The van der Waals surface area contributed by atoms with Crippen LogP contribution in [0.1, 0.15) is 59.3 Å². The van der Waals surface area contributed by atoms with Gasteiger partial charge in [0.2, 0.25) is 0 Å². The minimum absolute atomic E-state index is 0.0922. The number of Topliss-reactive ketones (excluding diaryl/α,β-unsaturated/α-hetero) is 1. The van der Waals surface area contributed by atoms with Gasteiger partial charge in [-0.3, -0.25) is 4.79 Å². The minimum Gasteiger partial charge on any atom is -0.482 e. The van der Waals surface area contributed by atoms with Gasteiger partial charge in [0.1, 0.15) is 6.10 Å². The highest BCUT2D eigenvalue weighted by molar-refractivity contribution is 6.01. The Hall–Kier alpha value is -2.29. The lowest BCUT2D eigenvalue weighted by Gasteiger charge is -2.27. The fourth-order valence-electron chi connectivity index (χ4n) is 2.88. The van der Waals surface area contributed by atoms with E-state index in [1.54, 1.807) is 0 Å². The first-order valence-corrected chi connectivity index (χ1v) is 7.65. The number of benzene rings is 2. The lowest BCUT2D eigenvalue weighted by molar-refractivity contribution is 0.0851. The predicted octanol–water partition coefficient (Wildman–Crippen LogP) is 4.41. The van der Waals surface area contributed by atoms with Crippen LogP contribution in [0.25, 0.3) is 0 Å². The van der Waals surface area contributed by atoms with E-state index in [9.17, 15) is 4.79 Å². The first-order valence-electron chi connectivity index (χ1n) is 7.65. The summed E-state index contributed by atoms with van der Waals surface area (Å²) in [5.74, 6) is 1.11. The molecule has 22 heavy (non-hydrogen) atoms. The summed E-state index contributed by atoms with van der Waals surface area (Å²) in [7, 11) is 0. The molecule has 0 saturated carbocycles. The quantitative estimate of drug-likeness (QED) is 0.835. The molecule has 2 aromatic rings. The number of carbonyl (C=O) groups is 1. The molecular formula is C19H21NO2. The van der Waals surface area contributed by atoms with E-state index in [4.69, 9.17) is 10.5 Å². The van der Waals surface area contributed by atoms with Gasteiger partial charge in [-0.15, -0.1) is 0 Å². The maximum Gasteiger partial charge on any atom is 0.170 e. The summed E-state index contributed by atoms with van der Waals surface area (Å²) in [6.07, 6.45) is 0.0999. The zero-order valence-electron chi connectivity index (χ0n) is 13.2. The molecule has 0 spiro atoms. The normalized spacial score (nSPS) is 17.3. The Morgan fingerprint density at radius 3 is 2.50 bits per heavy atom. The summed E-state index contributed by atoms with van der Waals surface area (Å²) < 4.78 is 6.03. The molecule has 1 unspecified atom stereocenters. The Morgan fingerprint density at radius 1 is 1.18 bits per heavy atom. The Balaban J connectivity index is 1.93. The zero-order chi connectivity index (χ0) is 15.9. The number of ether oxygens (including phenoxy) is 1. The Bertz CT molecular complexity index is 717. The molecule has 1 atom stereocenters. The number of nitrogens with two attached hydrogens (primary N) is 1. The average molecular weight is 295 g/mol. The molecule has 1 aliphatic heterocycles. The van der Waals surface area contributed by atoms with E-state index in [0.717, 1.165) is 11.1 Å². The van der Waals surface area contributed by atoms with Gasteiger partial charge in [-0.2, -0.15) is 0 Å². The van der Waals surface area contributed by atoms with Crippen LogP contribution in [0.5, 0.6) is 5.75 Å². The van der Waals surface area contributed by atoms with Gasteiger partial charge in [0.05, 0.1) is 17.7 Å². The van der Waals surface area contributed by atoms with E-state index in [1.165, 1.54) is 5.56 Å². The second-order valence-corrected chi connectivity index (χ2v) is 6.29. The third-order valence-electron chi connectivity index (χ3n) is 4.17. The van der Waals surface area contributed by atoms with E-state index in [-0.39, 0.29) is 11.9 Å². The lowest BCUT2D eigenvalue weighted by atomic mass is 9.93. The topological polar surface area (TPSA) is 52.3 Å². The number of hydrogen-bond acceptors (Lipinski definition) is 3. The molecule has 1 heterocycles. The molecule has 0 bridgehead atoms. The van der Waals surface area contributed by atoms with Crippen molar-refractivity contribution in [2.75, 3.05) is 5.73 Å². The predicted molar refractivity (Wildman–Crippen MR) is 88.4 cm³/mol. The summed E-state index contributed by atoms with van der Waals surface area (Å²) in [6.45, 7) is 6.25. The van der Waals surface area contributed by atoms with Crippen LogP contribution < -0.4 is 10.5 Å². The second kappa shape index (κ2) is 5.48. The number of anilines is 1. The van der Waals surface area contributed by atoms with Crippen LogP contribution in [0.2, 0.25) is 0 Å². The van der Waals surface area contributed by atoms with Crippen LogP contribution in [0.3, 0.4) is 0 Å². The number of carbonyl (C=O) groups excluding carboxylic acids is 1. The Kier molecular flexibility index (Phi) is 3.65. The number of hydrogen-bond donors (Lipinski definition) is 1. The van der Waals surface area contributed by atoms with E-state index in [1.807, 2.05) is 31.2 Å². The van der Waals surface area contributed by atoms with E-state index in [0.29, 0.717) is 29.3 Å². The van der Waals surface area contributed by atoms with Gasteiger partial charge in [-0.1, -0.05) is 38.1 Å². The molecule has 3 heteroatoms. The summed E-state index contributed by atoms with van der Waals surface area (Å²) in [5.41, 5.74) is 10.4. The van der Waals surface area contributed by atoms with Crippen molar-refractivity contribution in [3.63, 3.8) is 0 Å². The first kappa shape index (κ1) is 14.6. The number of nitrogen functional groups attached to an aromatic ring is 1. The van der Waals surface area contributed by atoms with Gasteiger partial charge in [0.25, 0.3) is 0 Å². The molecule has 3 rings (SSSR count). The van der Waals surface area contributed by atoms with Crippen molar-refractivity contribution < 1.29 is 9.53 Å². The van der Waals surface area contributed by atoms with Crippen LogP contribution in [-0.4, -0.2) is 5.78 Å². The van der Waals surface area contributed by atoms with Crippen LogP contribution >= 0.6 is 0 Å². The summed E-state index contributed by atoms with van der Waals surface area (Å²) >= 11 is 0. The van der Waals surface area contributed by atoms with Crippen molar-refractivity contribution in [3.05, 3.63) is 58.7 Å². The fraction of sp³-hybridized carbons (Fsp3) is 0.316. The molecule has 0 amide bonds. The van der Waals surface area contributed by atoms with Crippen molar-refractivity contribution in [2.45, 2.75) is 39.2 Å².